The Kier molecular flexibility index (Phi) is 6.54. The number of hydrogen-bond donors (Lipinski definition) is 2. The summed E-state index contributed by atoms with van der Waals surface area (Å²) >= 11 is 0. The molecule has 160 valence electrons. The summed E-state index contributed by atoms with van der Waals surface area (Å²) < 4.78 is 40.0. The lowest BCUT2D eigenvalue weighted by molar-refractivity contribution is -0.137. The van der Waals surface area contributed by atoms with Crippen LogP contribution in [0.25, 0.3) is 10.9 Å². The standard InChI is InChI=1S/C24H27F3N2O/c1-4-15(3)29-22(30)13-20(17-9-6-10-18(12-17)24(25,26)27)21-14-28-23-16(5-2)8-7-11-19(21)23/h6-12,14-15,20,28H,4-5,13H2,1-3H3,(H,29,30)/t15-,20+/m0/s1. The number of amides is 1. The van der Waals surface area contributed by atoms with Crippen molar-refractivity contribution < 1.29 is 18.0 Å². The molecule has 0 aliphatic rings. The molecule has 0 saturated heterocycles. The lowest BCUT2D eigenvalue weighted by atomic mass is 9.86. The number of aromatic amines is 1. The van der Waals surface area contributed by atoms with Crippen LogP contribution in [0.2, 0.25) is 0 Å². The number of nitrogens with one attached hydrogen (secondary N) is 2. The van der Waals surface area contributed by atoms with Crippen molar-refractivity contribution in [1.29, 1.82) is 0 Å². The largest absolute Gasteiger partial charge is 0.416 e. The van der Waals surface area contributed by atoms with Gasteiger partial charge < -0.3 is 10.3 Å². The van der Waals surface area contributed by atoms with Crippen LogP contribution in [0.4, 0.5) is 13.2 Å². The average Bonchev–Trinajstić information content (AvgIpc) is 3.15. The van der Waals surface area contributed by atoms with E-state index >= 15 is 0 Å². The van der Waals surface area contributed by atoms with E-state index in [2.05, 4.69) is 17.2 Å². The maximum Gasteiger partial charge on any atom is 0.416 e. The van der Waals surface area contributed by atoms with Crippen molar-refractivity contribution >= 4 is 16.8 Å². The molecule has 0 aliphatic carbocycles. The van der Waals surface area contributed by atoms with Crippen LogP contribution in [0.3, 0.4) is 0 Å². The maximum absolute atomic E-state index is 13.3. The Hall–Kier alpha value is -2.76. The highest BCUT2D eigenvalue weighted by Gasteiger charge is 2.32. The first-order chi connectivity index (χ1) is 14.2. The fourth-order valence-corrected chi connectivity index (χ4v) is 3.78. The predicted molar refractivity (Wildman–Crippen MR) is 113 cm³/mol. The van der Waals surface area contributed by atoms with E-state index in [4.69, 9.17) is 0 Å². The van der Waals surface area contributed by atoms with E-state index in [-0.39, 0.29) is 18.4 Å². The minimum Gasteiger partial charge on any atom is -0.361 e. The zero-order valence-electron chi connectivity index (χ0n) is 17.4. The van der Waals surface area contributed by atoms with E-state index in [0.29, 0.717) is 5.56 Å². The van der Waals surface area contributed by atoms with Crippen molar-refractivity contribution in [2.24, 2.45) is 0 Å². The molecular weight excluding hydrogens is 389 g/mol. The molecule has 0 fully saturated rings. The number of carbonyl (C=O) groups is 1. The molecule has 2 atom stereocenters. The fourth-order valence-electron chi connectivity index (χ4n) is 3.78. The first kappa shape index (κ1) is 21.9. The molecular formula is C24H27F3N2O. The van der Waals surface area contributed by atoms with Gasteiger partial charge in [0.15, 0.2) is 0 Å². The number of hydrogen-bond acceptors (Lipinski definition) is 1. The number of rotatable bonds is 7. The number of H-pyrrole nitrogens is 1. The molecule has 0 spiro atoms. The molecule has 30 heavy (non-hydrogen) atoms. The predicted octanol–water partition coefficient (Wildman–Crippen LogP) is 6.19. The highest BCUT2D eigenvalue weighted by Crippen LogP contribution is 2.37. The molecule has 3 aromatic rings. The Labute approximate surface area is 174 Å². The van der Waals surface area contributed by atoms with Crippen LogP contribution in [0.15, 0.2) is 48.7 Å². The summed E-state index contributed by atoms with van der Waals surface area (Å²) in [5.74, 6) is -0.662. The fraction of sp³-hybridized carbons (Fsp3) is 0.375. The normalized spacial score (nSPS) is 13.9. The lowest BCUT2D eigenvalue weighted by Crippen LogP contribution is -2.33. The second-order valence-electron chi connectivity index (χ2n) is 7.69. The van der Waals surface area contributed by atoms with Crippen LogP contribution < -0.4 is 5.32 Å². The summed E-state index contributed by atoms with van der Waals surface area (Å²) in [7, 11) is 0. The summed E-state index contributed by atoms with van der Waals surface area (Å²) in [6.45, 7) is 5.94. The third-order valence-corrected chi connectivity index (χ3v) is 5.62. The average molecular weight is 416 g/mol. The lowest BCUT2D eigenvalue weighted by Gasteiger charge is -2.20. The zero-order valence-corrected chi connectivity index (χ0v) is 17.4. The van der Waals surface area contributed by atoms with Crippen molar-refractivity contribution in [2.75, 3.05) is 0 Å². The van der Waals surface area contributed by atoms with Gasteiger partial charge in [0.05, 0.1) is 5.56 Å². The molecule has 2 aromatic carbocycles. The van der Waals surface area contributed by atoms with E-state index in [1.165, 1.54) is 6.07 Å². The molecule has 3 nitrogen and oxygen atoms in total. The van der Waals surface area contributed by atoms with Gasteiger partial charge in [0.25, 0.3) is 0 Å². The van der Waals surface area contributed by atoms with Gasteiger partial charge in [0, 0.05) is 35.5 Å². The van der Waals surface area contributed by atoms with E-state index in [9.17, 15) is 18.0 Å². The first-order valence-electron chi connectivity index (χ1n) is 10.3. The van der Waals surface area contributed by atoms with Gasteiger partial charge >= 0.3 is 6.18 Å². The minimum absolute atomic E-state index is 0.00863. The third kappa shape index (κ3) is 4.69. The zero-order chi connectivity index (χ0) is 21.9. The summed E-state index contributed by atoms with van der Waals surface area (Å²) in [6, 6.07) is 11.2. The maximum atomic E-state index is 13.3. The van der Waals surface area contributed by atoms with Crippen molar-refractivity contribution in [1.82, 2.24) is 10.3 Å². The van der Waals surface area contributed by atoms with Crippen LogP contribution in [-0.4, -0.2) is 16.9 Å². The monoisotopic (exact) mass is 416 g/mol. The molecule has 1 heterocycles. The number of benzene rings is 2. The first-order valence-corrected chi connectivity index (χ1v) is 10.3. The number of halogens is 3. The van der Waals surface area contributed by atoms with E-state index in [0.717, 1.165) is 47.0 Å². The molecule has 1 aromatic heterocycles. The number of aryl methyl sites for hydroxylation is 1. The number of para-hydroxylation sites is 1. The van der Waals surface area contributed by atoms with E-state index in [1.807, 2.05) is 38.2 Å². The third-order valence-electron chi connectivity index (χ3n) is 5.62. The number of aromatic nitrogens is 1. The second kappa shape index (κ2) is 8.94. The van der Waals surface area contributed by atoms with Gasteiger partial charge in [-0.1, -0.05) is 50.2 Å². The molecule has 6 heteroatoms. The van der Waals surface area contributed by atoms with Crippen molar-refractivity contribution in [3.05, 3.63) is 70.9 Å². The molecule has 0 bridgehead atoms. The van der Waals surface area contributed by atoms with Gasteiger partial charge in [-0.15, -0.1) is 0 Å². The van der Waals surface area contributed by atoms with E-state index < -0.39 is 17.7 Å². The van der Waals surface area contributed by atoms with Gasteiger partial charge in [-0.25, -0.2) is 0 Å². The van der Waals surface area contributed by atoms with Crippen molar-refractivity contribution in [3.63, 3.8) is 0 Å². The van der Waals surface area contributed by atoms with Crippen LogP contribution >= 0.6 is 0 Å². The van der Waals surface area contributed by atoms with Crippen LogP contribution in [0, 0.1) is 0 Å². The molecule has 0 unspecified atom stereocenters. The van der Waals surface area contributed by atoms with Gasteiger partial charge in [-0.05, 0) is 42.5 Å². The SMILES string of the molecule is CCc1cccc2c([C@H](CC(=O)N[C@@H](C)CC)c3cccc(C(F)(F)F)c3)c[nH]c12. The topological polar surface area (TPSA) is 44.9 Å². The molecule has 3 rings (SSSR count). The quantitative estimate of drug-likeness (QED) is 0.474. The Morgan fingerprint density at radius 1 is 1.13 bits per heavy atom. The molecule has 2 N–H and O–H groups in total. The number of fused-ring (bicyclic) bond motifs is 1. The van der Waals surface area contributed by atoms with Crippen molar-refractivity contribution in [2.45, 2.75) is 58.2 Å². The Morgan fingerprint density at radius 2 is 1.87 bits per heavy atom. The molecule has 0 aliphatic heterocycles. The Bertz CT molecular complexity index is 1020. The van der Waals surface area contributed by atoms with E-state index in [1.54, 1.807) is 6.07 Å². The smallest absolute Gasteiger partial charge is 0.361 e. The summed E-state index contributed by atoms with van der Waals surface area (Å²) in [6.07, 6.45) is -0.914. The highest BCUT2D eigenvalue weighted by atomic mass is 19.4. The molecule has 1 amide bonds. The van der Waals surface area contributed by atoms with Crippen LogP contribution in [-0.2, 0) is 17.4 Å². The van der Waals surface area contributed by atoms with Gasteiger partial charge in [-0.3, -0.25) is 4.79 Å². The van der Waals surface area contributed by atoms with Gasteiger partial charge in [0.2, 0.25) is 5.91 Å². The van der Waals surface area contributed by atoms with Gasteiger partial charge in [0.1, 0.15) is 0 Å². The summed E-state index contributed by atoms with van der Waals surface area (Å²) in [5, 5.41) is 3.87. The minimum atomic E-state index is -4.44. The summed E-state index contributed by atoms with van der Waals surface area (Å²) in [5.41, 5.74) is 2.70. The molecule has 0 radical (unpaired) electrons. The molecule has 0 saturated carbocycles. The van der Waals surface area contributed by atoms with Crippen LogP contribution in [0.1, 0.15) is 61.8 Å². The van der Waals surface area contributed by atoms with Crippen molar-refractivity contribution in [3.8, 4) is 0 Å². The summed E-state index contributed by atoms with van der Waals surface area (Å²) in [4.78, 5) is 16.0. The second-order valence-corrected chi connectivity index (χ2v) is 7.69. The Morgan fingerprint density at radius 3 is 2.53 bits per heavy atom. The van der Waals surface area contributed by atoms with Gasteiger partial charge in [-0.2, -0.15) is 13.2 Å². The number of carbonyl (C=O) groups excluding carboxylic acids is 1. The highest BCUT2D eigenvalue weighted by molar-refractivity contribution is 5.88. The Balaban J connectivity index is 2.08. The van der Waals surface area contributed by atoms with Crippen LogP contribution in [0.5, 0.6) is 0 Å². The number of alkyl halides is 3.